The van der Waals surface area contributed by atoms with Gasteiger partial charge in [-0.05, 0) is 49.4 Å². The van der Waals surface area contributed by atoms with E-state index in [1.165, 1.54) is 0 Å². The second kappa shape index (κ2) is 8.42. The number of carbonyl (C=O) groups excluding carboxylic acids is 2. The average molecular weight is 465 g/mol. The minimum absolute atomic E-state index is 0.128. The van der Waals surface area contributed by atoms with E-state index in [4.69, 9.17) is 34.8 Å². The second-order valence-electron chi connectivity index (χ2n) is 7.84. The summed E-state index contributed by atoms with van der Waals surface area (Å²) >= 11 is 18.5. The zero-order valence-corrected chi connectivity index (χ0v) is 19.2. The monoisotopic (exact) mass is 463 g/mol. The maximum Gasteiger partial charge on any atom is 0.278 e. The third-order valence-electron chi connectivity index (χ3n) is 4.49. The summed E-state index contributed by atoms with van der Waals surface area (Å²) in [6, 6.07) is 12.2. The molecule has 8 heteroatoms. The maximum atomic E-state index is 12.9. The van der Waals surface area contributed by atoms with Crippen LogP contribution in [0.1, 0.15) is 37.0 Å². The number of halogens is 3. The molecule has 1 aromatic heterocycles. The molecule has 1 N–H and O–H groups in total. The first-order chi connectivity index (χ1) is 14.0. The Kier molecular flexibility index (Phi) is 6.27. The van der Waals surface area contributed by atoms with Crippen molar-refractivity contribution >= 4 is 46.6 Å². The number of carbonyl (C=O) groups is 2. The fraction of sp³-hybridized carbons (Fsp3) is 0.227. The van der Waals surface area contributed by atoms with Crippen LogP contribution in [-0.2, 0) is 4.79 Å². The number of hydrogen-bond acceptors (Lipinski definition) is 3. The van der Waals surface area contributed by atoms with Crippen LogP contribution in [-0.4, -0.2) is 21.4 Å². The molecule has 0 fully saturated rings. The highest BCUT2D eigenvalue weighted by Gasteiger charge is 2.28. The van der Waals surface area contributed by atoms with Crippen molar-refractivity contribution in [3.63, 3.8) is 0 Å². The molecule has 30 heavy (non-hydrogen) atoms. The van der Waals surface area contributed by atoms with Crippen LogP contribution in [0, 0.1) is 12.3 Å². The van der Waals surface area contributed by atoms with Crippen molar-refractivity contribution in [1.29, 1.82) is 0 Å². The molecule has 0 bridgehead atoms. The number of imidazole rings is 1. The molecule has 0 aliphatic rings. The Morgan fingerprint density at radius 3 is 2.13 bits per heavy atom. The molecule has 2 amide bonds. The fourth-order valence-electron chi connectivity index (χ4n) is 2.82. The molecule has 0 aliphatic carbocycles. The van der Waals surface area contributed by atoms with Gasteiger partial charge in [0.15, 0.2) is 5.69 Å². The van der Waals surface area contributed by atoms with Crippen molar-refractivity contribution in [2.75, 3.05) is 0 Å². The predicted molar refractivity (Wildman–Crippen MR) is 121 cm³/mol. The molecule has 2 aromatic carbocycles. The number of hydrogen-bond donors (Lipinski definition) is 1. The predicted octanol–water partition coefficient (Wildman–Crippen LogP) is 6.11. The van der Waals surface area contributed by atoms with Crippen molar-refractivity contribution in [2.24, 2.45) is 5.41 Å². The van der Waals surface area contributed by atoms with E-state index < -0.39 is 11.3 Å². The lowest BCUT2D eigenvalue weighted by molar-refractivity contribution is -0.127. The molecule has 3 rings (SSSR count). The lowest BCUT2D eigenvalue weighted by Gasteiger charge is -2.16. The van der Waals surface area contributed by atoms with E-state index in [-0.39, 0.29) is 11.6 Å². The number of rotatable bonds is 3. The van der Waals surface area contributed by atoms with E-state index in [1.54, 1.807) is 62.6 Å². The van der Waals surface area contributed by atoms with Gasteiger partial charge in [0.05, 0.1) is 10.7 Å². The lowest BCUT2D eigenvalue weighted by atomic mass is 9.95. The Labute approximate surface area is 190 Å². The Hall–Kier alpha value is -2.34. The van der Waals surface area contributed by atoms with Gasteiger partial charge >= 0.3 is 0 Å². The Bertz CT molecular complexity index is 1130. The number of nitrogens with one attached hydrogen (secondary N) is 1. The van der Waals surface area contributed by atoms with Gasteiger partial charge < -0.3 is 0 Å². The normalized spacial score (nSPS) is 11.4. The van der Waals surface area contributed by atoms with Gasteiger partial charge in [-0.2, -0.15) is 0 Å². The maximum absolute atomic E-state index is 12.9. The molecular weight excluding hydrogens is 445 g/mol. The summed E-state index contributed by atoms with van der Waals surface area (Å²) in [5.41, 5.74) is 1.30. The fourth-order valence-corrected chi connectivity index (χ4v) is 3.44. The second-order valence-corrected chi connectivity index (χ2v) is 9.12. The summed E-state index contributed by atoms with van der Waals surface area (Å²) < 4.78 is 1.79. The average Bonchev–Trinajstić information content (AvgIpc) is 2.98. The molecule has 5 nitrogen and oxygen atoms in total. The van der Waals surface area contributed by atoms with Gasteiger partial charge in [0.2, 0.25) is 5.91 Å². The van der Waals surface area contributed by atoms with Gasteiger partial charge in [-0.3, -0.25) is 19.5 Å². The first kappa shape index (κ1) is 22.3. The number of nitrogens with zero attached hydrogens (tertiary/aromatic N) is 2. The van der Waals surface area contributed by atoms with Crippen LogP contribution in [0.3, 0.4) is 0 Å². The first-order valence-corrected chi connectivity index (χ1v) is 10.3. The molecule has 0 unspecified atom stereocenters. The highest BCUT2D eigenvalue weighted by atomic mass is 35.5. The summed E-state index contributed by atoms with van der Waals surface area (Å²) in [5, 5.41) is 3.88. The summed E-state index contributed by atoms with van der Waals surface area (Å²) in [4.78, 5) is 29.7. The first-order valence-electron chi connectivity index (χ1n) is 9.15. The van der Waals surface area contributed by atoms with Crippen LogP contribution in [0.25, 0.3) is 17.1 Å². The number of aromatic nitrogens is 2. The zero-order valence-electron chi connectivity index (χ0n) is 16.9. The van der Waals surface area contributed by atoms with E-state index in [1.807, 2.05) is 12.1 Å². The van der Waals surface area contributed by atoms with E-state index in [0.29, 0.717) is 32.1 Å². The van der Waals surface area contributed by atoms with Gasteiger partial charge in [0.1, 0.15) is 5.82 Å². The summed E-state index contributed by atoms with van der Waals surface area (Å²) in [5.74, 6) is -0.518. The smallest absolute Gasteiger partial charge is 0.278 e. The van der Waals surface area contributed by atoms with E-state index in [0.717, 1.165) is 5.69 Å². The highest BCUT2D eigenvalue weighted by molar-refractivity contribution is 6.36. The Morgan fingerprint density at radius 1 is 0.967 bits per heavy atom. The van der Waals surface area contributed by atoms with Crippen LogP contribution in [0.5, 0.6) is 0 Å². The van der Waals surface area contributed by atoms with Crippen LogP contribution < -0.4 is 5.32 Å². The van der Waals surface area contributed by atoms with Gasteiger partial charge in [0, 0.05) is 26.7 Å². The molecule has 0 saturated carbocycles. The number of amides is 2. The van der Waals surface area contributed by atoms with E-state index in [2.05, 4.69) is 10.3 Å². The van der Waals surface area contributed by atoms with Crippen molar-refractivity contribution in [2.45, 2.75) is 27.7 Å². The van der Waals surface area contributed by atoms with Crippen LogP contribution >= 0.6 is 34.8 Å². The summed E-state index contributed by atoms with van der Waals surface area (Å²) in [6.45, 7) is 6.94. The van der Waals surface area contributed by atoms with Crippen molar-refractivity contribution in [1.82, 2.24) is 14.9 Å². The van der Waals surface area contributed by atoms with Gasteiger partial charge in [-0.15, -0.1) is 0 Å². The minimum Gasteiger partial charge on any atom is -0.296 e. The quantitative estimate of drug-likeness (QED) is 0.508. The molecule has 3 aromatic rings. The van der Waals surface area contributed by atoms with E-state index in [9.17, 15) is 9.59 Å². The molecule has 0 aliphatic heterocycles. The standard InChI is InChI=1S/C22H20Cl3N3O2/c1-12-18(20(29)27-21(30)22(2,3)4)26-19(16-10-7-14(24)11-17(16)25)28(12)15-8-5-13(23)6-9-15/h5-11H,1-4H3,(H,27,29,30). The lowest BCUT2D eigenvalue weighted by Crippen LogP contribution is -2.39. The molecule has 1 heterocycles. The van der Waals surface area contributed by atoms with Crippen molar-refractivity contribution < 1.29 is 9.59 Å². The van der Waals surface area contributed by atoms with Crippen molar-refractivity contribution in [3.05, 3.63) is 68.9 Å². The highest BCUT2D eigenvalue weighted by Crippen LogP contribution is 2.33. The Morgan fingerprint density at radius 2 is 1.57 bits per heavy atom. The Balaban J connectivity index is 2.18. The molecule has 0 radical (unpaired) electrons. The van der Waals surface area contributed by atoms with Gasteiger partial charge in [-0.1, -0.05) is 55.6 Å². The molecule has 0 saturated heterocycles. The molecule has 0 atom stereocenters. The third-order valence-corrected chi connectivity index (χ3v) is 5.29. The number of imide groups is 1. The SMILES string of the molecule is Cc1c(C(=O)NC(=O)C(C)(C)C)nc(-c2ccc(Cl)cc2Cl)n1-c1ccc(Cl)cc1. The van der Waals surface area contributed by atoms with Crippen LogP contribution in [0.2, 0.25) is 15.1 Å². The van der Waals surface area contributed by atoms with Gasteiger partial charge in [-0.25, -0.2) is 4.98 Å². The van der Waals surface area contributed by atoms with Crippen LogP contribution in [0.15, 0.2) is 42.5 Å². The largest absolute Gasteiger partial charge is 0.296 e. The zero-order chi connectivity index (χ0) is 22.2. The molecule has 0 spiro atoms. The van der Waals surface area contributed by atoms with Crippen molar-refractivity contribution in [3.8, 4) is 17.1 Å². The summed E-state index contributed by atoms with van der Waals surface area (Å²) in [7, 11) is 0. The molecular formula is C22H20Cl3N3O2. The third kappa shape index (κ3) is 4.53. The number of benzene rings is 2. The topological polar surface area (TPSA) is 64.0 Å². The van der Waals surface area contributed by atoms with E-state index >= 15 is 0 Å². The van der Waals surface area contributed by atoms with Crippen LogP contribution in [0.4, 0.5) is 0 Å². The van der Waals surface area contributed by atoms with Gasteiger partial charge in [0.25, 0.3) is 5.91 Å². The molecule has 156 valence electrons. The minimum atomic E-state index is -0.718. The summed E-state index contributed by atoms with van der Waals surface area (Å²) in [6.07, 6.45) is 0.